The number of nitrogens with two attached hydrogens (primary N) is 1. The first-order valence-electron chi connectivity index (χ1n) is 4.84. The zero-order valence-electron chi connectivity index (χ0n) is 8.94. The molecule has 0 aliphatic heterocycles. The molecule has 0 unspecified atom stereocenters. The molecule has 0 aliphatic carbocycles. The van der Waals surface area contributed by atoms with Gasteiger partial charge in [0.1, 0.15) is 5.82 Å². The third-order valence-electron chi connectivity index (χ3n) is 2.24. The van der Waals surface area contributed by atoms with E-state index in [9.17, 15) is 9.18 Å². The summed E-state index contributed by atoms with van der Waals surface area (Å²) >= 11 is 0. The Morgan fingerprint density at radius 3 is 2.69 bits per heavy atom. The van der Waals surface area contributed by atoms with Gasteiger partial charge < -0.3 is 10.8 Å². The van der Waals surface area contributed by atoms with Gasteiger partial charge in [0.15, 0.2) is 0 Å². The molecule has 1 aromatic rings. The molecule has 5 heteroatoms. The van der Waals surface area contributed by atoms with Gasteiger partial charge in [-0.2, -0.15) is 0 Å². The lowest BCUT2D eigenvalue weighted by molar-refractivity contribution is 0.0696. The molecule has 0 aromatic heterocycles. The van der Waals surface area contributed by atoms with Crippen molar-refractivity contribution in [3.05, 3.63) is 35.1 Å². The van der Waals surface area contributed by atoms with E-state index in [1.165, 1.54) is 12.1 Å². The fraction of sp³-hybridized carbons (Fsp3) is 0.364. The molecule has 1 aromatic carbocycles. The lowest BCUT2D eigenvalue weighted by atomic mass is 10.0. The van der Waals surface area contributed by atoms with Crippen LogP contribution in [0, 0.1) is 5.82 Å². The van der Waals surface area contributed by atoms with Crippen molar-refractivity contribution < 1.29 is 14.3 Å². The molecule has 0 spiro atoms. The molecule has 0 bridgehead atoms. The van der Waals surface area contributed by atoms with Crippen molar-refractivity contribution in [3.63, 3.8) is 0 Å². The Bertz CT molecular complexity index is 371. The van der Waals surface area contributed by atoms with Crippen LogP contribution in [0.1, 0.15) is 41.7 Å². The highest BCUT2D eigenvalue weighted by Crippen LogP contribution is 2.20. The van der Waals surface area contributed by atoms with Gasteiger partial charge in [0.05, 0.1) is 5.56 Å². The SMILES string of the molecule is CCC[C@H](N)c1cc(C(=O)O)ccc1F.Cl. The van der Waals surface area contributed by atoms with Crippen molar-refractivity contribution in [2.45, 2.75) is 25.8 Å². The second kappa shape index (κ2) is 6.45. The summed E-state index contributed by atoms with van der Waals surface area (Å²) < 4.78 is 13.3. The highest BCUT2D eigenvalue weighted by molar-refractivity contribution is 5.87. The van der Waals surface area contributed by atoms with Crippen LogP contribution >= 0.6 is 12.4 Å². The first kappa shape index (κ1) is 14.9. The van der Waals surface area contributed by atoms with Crippen LogP contribution in [0.3, 0.4) is 0 Å². The first-order chi connectivity index (χ1) is 7.06. The Balaban J connectivity index is 0.00000225. The summed E-state index contributed by atoms with van der Waals surface area (Å²) in [5.74, 6) is -1.51. The monoisotopic (exact) mass is 247 g/mol. The topological polar surface area (TPSA) is 63.3 Å². The largest absolute Gasteiger partial charge is 0.478 e. The number of hydrogen-bond acceptors (Lipinski definition) is 2. The van der Waals surface area contributed by atoms with Crippen molar-refractivity contribution in [1.82, 2.24) is 0 Å². The highest BCUT2D eigenvalue weighted by atomic mass is 35.5. The van der Waals surface area contributed by atoms with Gasteiger partial charge in [0, 0.05) is 11.6 Å². The molecule has 1 atom stereocenters. The van der Waals surface area contributed by atoms with Crippen molar-refractivity contribution in [3.8, 4) is 0 Å². The summed E-state index contributed by atoms with van der Waals surface area (Å²) in [5, 5.41) is 8.75. The minimum Gasteiger partial charge on any atom is -0.478 e. The van der Waals surface area contributed by atoms with Gasteiger partial charge in [-0.05, 0) is 24.6 Å². The fourth-order valence-electron chi connectivity index (χ4n) is 1.43. The molecule has 16 heavy (non-hydrogen) atoms. The summed E-state index contributed by atoms with van der Waals surface area (Å²) in [5.41, 5.74) is 6.08. The predicted molar refractivity (Wildman–Crippen MR) is 62.4 cm³/mol. The molecule has 3 N–H and O–H groups in total. The van der Waals surface area contributed by atoms with E-state index >= 15 is 0 Å². The van der Waals surface area contributed by atoms with Gasteiger partial charge in [0.2, 0.25) is 0 Å². The van der Waals surface area contributed by atoms with Crippen molar-refractivity contribution >= 4 is 18.4 Å². The molecule has 1 rings (SSSR count). The van der Waals surface area contributed by atoms with E-state index < -0.39 is 17.8 Å². The van der Waals surface area contributed by atoms with Crippen molar-refractivity contribution in [2.24, 2.45) is 5.73 Å². The van der Waals surface area contributed by atoms with Crippen molar-refractivity contribution in [1.29, 1.82) is 0 Å². The molecule has 0 aliphatic rings. The van der Waals surface area contributed by atoms with E-state index in [-0.39, 0.29) is 23.5 Å². The quantitative estimate of drug-likeness (QED) is 0.860. The average molecular weight is 248 g/mol. The van der Waals surface area contributed by atoms with E-state index in [1.807, 2.05) is 6.92 Å². The van der Waals surface area contributed by atoms with Crippen LogP contribution < -0.4 is 5.73 Å². The number of carbonyl (C=O) groups is 1. The Morgan fingerprint density at radius 1 is 1.56 bits per heavy atom. The van der Waals surface area contributed by atoms with Gasteiger partial charge in [0.25, 0.3) is 0 Å². The third-order valence-corrected chi connectivity index (χ3v) is 2.24. The van der Waals surface area contributed by atoms with Crippen LogP contribution in [0.5, 0.6) is 0 Å². The molecule has 0 saturated heterocycles. The highest BCUT2D eigenvalue weighted by Gasteiger charge is 2.13. The maximum Gasteiger partial charge on any atom is 0.335 e. The Hall–Kier alpha value is -1.13. The predicted octanol–water partition coefficient (Wildman–Crippen LogP) is 2.75. The smallest absolute Gasteiger partial charge is 0.335 e. The number of hydrogen-bond donors (Lipinski definition) is 2. The normalized spacial score (nSPS) is 11.7. The summed E-state index contributed by atoms with van der Waals surface area (Å²) in [6, 6.07) is 3.25. The van der Waals surface area contributed by atoms with Gasteiger partial charge in [-0.3, -0.25) is 0 Å². The third kappa shape index (κ3) is 3.47. The zero-order chi connectivity index (χ0) is 11.4. The Labute approximate surface area is 99.9 Å². The molecule has 0 saturated carbocycles. The van der Waals surface area contributed by atoms with E-state index in [0.29, 0.717) is 6.42 Å². The molecular weight excluding hydrogens is 233 g/mol. The molecule has 0 heterocycles. The van der Waals surface area contributed by atoms with E-state index in [4.69, 9.17) is 10.8 Å². The summed E-state index contributed by atoms with van der Waals surface area (Å²) in [6.45, 7) is 1.94. The number of halogens is 2. The number of aromatic carboxylic acids is 1. The average Bonchev–Trinajstić information content (AvgIpc) is 2.18. The van der Waals surface area contributed by atoms with Crippen LogP contribution in [0.2, 0.25) is 0 Å². The molecular formula is C11H15ClFNO2. The van der Waals surface area contributed by atoms with Crippen LogP contribution in [0.25, 0.3) is 0 Å². The Kier molecular flexibility index (Phi) is 6.00. The minimum absolute atomic E-state index is 0. The maximum absolute atomic E-state index is 13.3. The lowest BCUT2D eigenvalue weighted by Gasteiger charge is -2.12. The Morgan fingerprint density at radius 2 is 2.19 bits per heavy atom. The van der Waals surface area contributed by atoms with Gasteiger partial charge in [-0.15, -0.1) is 12.4 Å². The molecule has 0 fully saturated rings. The van der Waals surface area contributed by atoms with E-state index in [1.54, 1.807) is 0 Å². The summed E-state index contributed by atoms with van der Waals surface area (Å²) in [7, 11) is 0. The van der Waals surface area contributed by atoms with E-state index in [0.717, 1.165) is 12.5 Å². The van der Waals surface area contributed by atoms with Crippen LogP contribution in [0.15, 0.2) is 18.2 Å². The van der Waals surface area contributed by atoms with Crippen LogP contribution in [-0.2, 0) is 0 Å². The first-order valence-corrected chi connectivity index (χ1v) is 4.84. The van der Waals surface area contributed by atoms with Gasteiger partial charge in [-0.25, -0.2) is 9.18 Å². The standard InChI is InChI=1S/C11H14FNO2.ClH/c1-2-3-10(13)8-6-7(11(14)15)4-5-9(8)12;/h4-6,10H,2-3,13H2,1H3,(H,14,15);1H/t10-;/m0./s1. The summed E-state index contributed by atoms with van der Waals surface area (Å²) in [6.07, 6.45) is 1.47. The summed E-state index contributed by atoms with van der Waals surface area (Å²) in [4.78, 5) is 10.7. The second-order valence-electron chi connectivity index (χ2n) is 3.44. The zero-order valence-corrected chi connectivity index (χ0v) is 9.76. The van der Waals surface area contributed by atoms with Gasteiger partial charge >= 0.3 is 5.97 Å². The van der Waals surface area contributed by atoms with E-state index in [2.05, 4.69) is 0 Å². The second-order valence-corrected chi connectivity index (χ2v) is 3.44. The lowest BCUT2D eigenvalue weighted by Crippen LogP contribution is -2.13. The van der Waals surface area contributed by atoms with Gasteiger partial charge in [-0.1, -0.05) is 13.3 Å². The fourth-order valence-corrected chi connectivity index (χ4v) is 1.43. The van der Waals surface area contributed by atoms with Crippen LogP contribution in [0.4, 0.5) is 4.39 Å². The molecule has 3 nitrogen and oxygen atoms in total. The number of benzene rings is 1. The minimum atomic E-state index is -1.07. The molecule has 0 amide bonds. The maximum atomic E-state index is 13.3. The molecule has 90 valence electrons. The number of carboxylic acid groups (broad SMARTS) is 1. The van der Waals surface area contributed by atoms with Crippen LogP contribution in [-0.4, -0.2) is 11.1 Å². The van der Waals surface area contributed by atoms with Crippen molar-refractivity contribution in [2.75, 3.05) is 0 Å². The number of rotatable bonds is 4. The number of carboxylic acids is 1. The molecule has 0 radical (unpaired) electrons.